The monoisotopic (exact) mass is 376 g/mol. The van der Waals surface area contributed by atoms with Crippen LogP contribution in [0.3, 0.4) is 0 Å². The van der Waals surface area contributed by atoms with Crippen LogP contribution < -0.4 is 10.6 Å². The lowest BCUT2D eigenvalue weighted by Crippen LogP contribution is -2.20. The fraction of sp³-hybridized carbons (Fsp3) is 0.455. The highest BCUT2D eigenvalue weighted by Gasteiger charge is 2.09. The van der Waals surface area contributed by atoms with Crippen LogP contribution in [0, 0.1) is 5.92 Å². The fourth-order valence-electron chi connectivity index (χ4n) is 2.53. The lowest BCUT2D eigenvalue weighted by molar-refractivity contribution is 0.142. The Morgan fingerprint density at radius 1 is 1.22 bits per heavy atom. The molecule has 1 rings (SSSR count). The maximum atomic E-state index is 5.91. The zero-order valence-electron chi connectivity index (χ0n) is 17.2. The van der Waals surface area contributed by atoms with Gasteiger partial charge in [-0.25, -0.2) is 0 Å². The first-order valence-electron chi connectivity index (χ1n) is 9.07. The Kier molecular flexibility index (Phi) is 10.1. The van der Waals surface area contributed by atoms with E-state index in [0.717, 1.165) is 31.3 Å². The molecule has 5 nitrogen and oxygen atoms in total. The second-order valence-electron chi connectivity index (χ2n) is 6.13. The third-order valence-corrected chi connectivity index (χ3v) is 4.00. The third-order valence-electron chi connectivity index (χ3n) is 4.00. The Labute approximate surface area is 162 Å². The second-order valence-corrected chi connectivity index (χ2v) is 6.13. The number of hydrogen-bond donors (Lipinski definition) is 0. The topological polar surface area (TPSA) is 50.1 Å². The molecule has 150 valence electrons. The fourth-order valence-corrected chi connectivity index (χ4v) is 2.53. The van der Waals surface area contributed by atoms with Crippen molar-refractivity contribution < 1.29 is 23.4 Å². The predicted molar refractivity (Wildman–Crippen MR) is 109 cm³/mol. The van der Waals surface area contributed by atoms with Gasteiger partial charge in [0.2, 0.25) is 0 Å². The summed E-state index contributed by atoms with van der Waals surface area (Å²) in [6.07, 6.45) is 7.55. The van der Waals surface area contributed by atoms with Crippen LogP contribution in [0.4, 0.5) is 0 Å². The van der Waals surface area contributed by atoms with Crippen LogP contribution in [-0.4, -0.2) is 34.5 Å². The molecule has 27 heavy (non-hydrogen) atoms. The molecule has 0 saturated carbocycles. The van der Waals surface area contributed by atoms with Crippen molar-refractivity contribution in [2.45, 2.75) is 26.7 Å². The summed E-state index contributed by atoms with van der Waals surface area (Å²) in [5, 5.41) is 0.967. The number of furan rings is 1. The summed E-state index contributed by atoms with van der Waals surface area (Å²) in [4.78, 5) is 0. The molecule has 1 unspecified atom stereocenters. The van der Waals surface area contributed by atoms with Crippen LogP contribution in [0.5, 0.6) is 0 Å². The van der Waals surface area contributed by atoms with Crippen molar-refractivity contribution in [3.8, 4) is 0 Å². The zero-order chi connectivity index (χ0) is 20.2. The smallest absolute Gasteiger partial charge is 0.168 e. The second kappa shape index (κ2) is 12.1. The van der Waals surface area contributed by atoms with Crippen molar-refractivity contribution in [2.24, 2.45) is 5.92 Å². The summed E-state index contributed by atoms with van der Waals surface area (Å²) in [6.45, 7) is 13.6. The summed E-state index contributed by atoms with van der Waals surface area (Å²) in [5.74, 6) is 1.92. The van der Waals surface area contributed by atoms with E-state index in [1.54, 1.807) is 26.6 Å². The van der Waals surface area contributed by atoms with Crippen LogP contribution in [0.1, 0.15) is 32.4 Å². The molecule has 0 aromatic carbocycles. The van der Waals surface area contributed by atoms with Gasteiger partial charge in [-0.05, 0) is 37.8 Å². The Hall–Kier alpha value is -2.40. The maximum Gasteiger partial charge on any atom is 0.168 e. The predicted octanol–water partition coefficient (Wildman–Crippen LogP) is 3.60. The SMILES string of the molecule is C=C(OC)/C(=C\C(=C)c1cc(=C/C(C)CCCOCC)/c(=C/OC)o1)OC. The van der Waals surface area contributed by atoms with E-state index in [-0.39, 0.29) is 0 Å². The average Bonchev–Trinajstić information content (AvgIpc) is 3.05. The molecule has 1 atom stereocenters. The minimum atomic E-state index is 0.381. The highest BCUT2D eigenvalue weighted by molar-refractivity contribution is 5.70. The van der Waals surface area contributed by atoms with Gasteiger partial charge in [-0.1, -0.05) is 26.2 Å². The van der Waals surface area contributed by atoms with Gasteiger partial charge in [0, 0.05) is 24.0 Å². The van der Waals surface area contributed by atoms with Crippen LogP contribution in [0.15, 0.2) is 41.2 Å². The van der Waals surface area contributed by atoms with Crippen LogP contribution in [0.2, 0.25) is 0 Å². The molecule has 0 radical (unpaired) electrons. The van der Waals surface area contributed by atoms with Crippen LogP contribution >= 0.6 is 0 Å². The highest BCUT2D eigenvalue weighted by atomic mass is 16.5. The summed E-state index contributed by atoms with van der Waals surface area (Å²) >= 11 is 0. The van der Waals surface area contributed by atoms with Gasteiger partial charge in [-0.15, -0.1) is 0 Å². The van der Waals surface area contributed by atoms with Gasteiger partial charge in [-0.2, -0.15) is 0 Å². The Bertz CT molecular complexity index is 754. The highest BCUT2D eigenvalue weighted by Crippen LogP contribution is 2.18. The van der Waals surface area contributed by atoms with Crippen molar-refractivity contribution in [1.29, 1.82) is 0 Å². The molecule has 0 amide bonds. The lowest BCUT2D eigenvalue weighted by Gasteiger charge is -2.08. The molecule has 0 aliphatic heterocycles. The van der Waals surface area contributed by atoms with Gasteiger partial charge in [0.25, 0.3) is 0 Å². The van der Waals surface area contributed by atoms with Crippen molar-refractivity contribution >= 4 is 17.9 Å². The standard InChI is InChI=1S/C22H32O5/c1-8-26-11-9-10-16(2)12-19-14-20(27-22(19)15-23-5)17(3)13-21(25-7)18(4)24-6/h12-16H,3-4,8-11H2,1-2,5-7H3/b19-12-,21-13+,22-15-. The first-order chi connectivity index (χ1) is 13.0. The normalized spacial score (nSPS) is 14.2. The van der Waals surface area contributed by atoms with Crippen molar-refractivity contribution in [2.75, 3.05) is 34.5 Å². The van der Waals surface area contributed by atoms with Gasteiger partial charge in [0.1, 0.15) is 12.0 Å². The van der Waals surface area contributed by atoms with Crippen LogP contribution in [0.25, 0.3) is 17.9 Å². The molecule has 0 fully saturated rings. The van der Waals surface area contributed by atoms with Gasteiger partial charge >= 0.3 is 0 Å². The molecule has 0 spiro atoms. The first-order valence-corrected chi connectivity index (χ1v) is 9.07. The lowest BCUT2D eigenvalue weighted by atomic mass is 10.0. The van der Waals surface area contributed by atoms with Crippen LogP contribution in [-0.2, 0) is 18.9 Å². The summed E-state index contributed by atoms with van der Waals surface area (Å²) in [6, 6.07) is 1.95. The minimum absolute atomic E-state index is 0.381. The van der Waals surface area contributed by atoms with Crippen molar-refractivity contribution in [3.63, 3.8) is 0 Å². The van der Waals surface area contributed by atoms with Crippen molar-refractivity contribution in [1.82, 2.24) is 0 Å². The van der Waals surface area contributed by atoms with Gasteiger partial charge in [0.15, 0.2) is 16.9 Å². The Morgan fingerprint density at radius 2 is 1.96 bits per heavy atom. The molecule has 1 aromatic rings. The number of allylic oxidation sites excluding steroid dienone is 2. The van der Waals surface area contributed by atoms with E-state index >= 15 is 0 Å². The first kappa shape index (κ1) is 22.6. The molecule has 0 aliphatic rings. The average molecular weight is 376 g/mol. The molecule has 0 bridgehead atoms. The van der Waals surface area contributed by atoms with E-state index in [2.05, 4.69) is 26.2 Å². The maximum absolute atomic E-state index is 5.91. The van der Waals surface area contributed by atoms with E-state index < -0.39 is 0 Å². The van der Waals surface area contributed by atoms with E-state index in [0.29, 0.717) is 34.2 Å². The summed E-state index contributed by atoms with van der Waals surface area (Å²) < 4.78 is 26.9. The molecule has 1 heterocycles. The summed E-state index contributed by atoms with van der Waals surface area (Å²) in [7, 11) is 4.69. The molecule has 0 N–H and O–H groups in total. The van der Waals surface area contributed by atoms with E-state index in [1.807, 2.05) is 13.0 Å². The molecule has 5 heteroatoms. The largest absolute Gasteiger partial charge is 0.500 e. The van der Waals surface area contributed by atoms with E-state index in [1.165, 1.54) is 7.11 Å². The number of methoxy groups -OCH3 is 3. The molecule has 1 aromatic heterocycles. The molecule has 0 aliphatic carbocycles. The third kappa shape index (κ3) is 7.39. The van der Waals surface area contributed by atoms with E-state index in [4.69, 9.17) is 23.4 Å². The zero-order valence-corrected chi connectivity index (χ0v) is 17.2. The Balaban J connectivity index is 3.09. The molecular formula is C22H32O5. The number of hydrogen-bond acceptors (Lipinski definition) is 5. The molecular weight excluding hydrogens is 344 g/mol. The van der Waals surface area contributed by atoms with E-state index in [9.17, 15) is 0 Å². The molecule has 0 saturated heterocycles. The van der Waals surface area contributed by atoms with Gasteiger partial charge in [0.05, 0.1) is 21.3 Å². The Morgan fingerprint density at radius 3 is 2.56 bits per heavy atom. The number of rotatable bonds is 12. The minimum Gasteiger partial charge on any atom is -0.500 e. The van der Waals surface area contributed by atoms with Crippen molar-refractivity contribution in [3.05, 3.63) is 53.2 Å². The van der Waals surface area contributed by atoms with Gasteiger partial charge in [-0.3, -0.25) is 0 Å². The summed E-state index contributed by atoms with van der Waals surface area (Å²) in [5.41, 5.74) is 1.31. The quantitative estimate of drug-likeness (QED) is 0.317. The van der Waals surface area contributed by atoms with Gasteiger partial charge < -0.3 is 23.4 Å². The number of ether oxygens (including phenoxy) is 4.